The zero-order valence-corrected chi connectivity index (χ0v) is 7.79. The third-order valence-corrected chi connectivity index (χ3v) is 2.25. The summed E-state index contributed by atoms with van der Waals surface area (Å²) in [6.45, 7) is 1.79. The normalized spacial score (nSPS) is 46.0. The van der Waals surface area contributed by atoms with Crippen LogP contribution in [-0.2, 0) is 14.3 Å². The lowest BCUT2D eigenvalue weighted by molar-refractivity contribution is -0.143. The third kappa shape index (κ3) is 2.02. The molecule has 0 aromatic carbocycles. The molecule has 4 atom stereocenters. The molecule has 2 aliphatic rings. The van der Waals surface area contributed by atoms with E-state index in [0.29, 0.717) is 0 Å². The third-order valence-electron chi connectivity index (χ3n) is 2.25. The molecular formula is C10H12O4. The van der Waals surface area contributed by atoms with Crippen molar-refractivity contribution in [2.24, 2.45) is 0 Å². The number of rotatable bonds is 0. The van der Waals surface area contributed by atoms with Gasteiger partial charge in [-0.15, -0.1) is 0 Å². The summed E-state index contributed by atoms with van der Waals surface area (Å²) in [6, 6.07) is 0. The van der Waals surface area contributed by atoms with Gasteiger partial charge in [0.1, 0.15) is 18.3 Å². The monoisotopic (exact) mass is 196 g/mol. The molecule has 0 amide bonds. The molecule has 0 radical (unpaired) electrons. The SMILES string of the molecule is C[C@H]1OC(=O)/C=C\[C@H](O)/C=C/[C@H]2O[C@@H]12. The standard InChI is InChI=1S/C10H12O4/c1-6-10-8(14-10)4-2-7(11)3-5-9(12)13-6/h2-8,10-11H,1H3/b4-2+,5-3-/t6-,7-,8-,10+/m1/s1. The maximum atomic E-state index is 11.1. The quantitative estimate of drug-likeness (QED) is 0.341. The Balaban J connectivity index is 2.11. The van der Waals surface area contributed by atoms with E-state index in [1.807, 2.05) is 0 Å². The van der Waals surface area contributed by atoms with E-state index >= 15 is 0 Å². The van der Waals surface area contributed by atoms with Crippen LogP contribution in [-0.4, -0.2) is 35.5 Å². The van der Waals surface area contributed by atoms with E-state index in [9.17, 15) is 9.90 Å². The smallest absolute Gasteiger partial charge is 0.330 e. The van der Waals surface area contributed by atoms with Crippen LogP contribution >= 0.6 is 0 Å². The molecule has 0 aromatic rings. The number of aliphatic hydroxyl groups excluding tert-OH is 1. The first kappa shape index (κ1) is 9.43. The number of hydrogen-bond acceptors (Lipinski definition) is 4. The number of carbonyl (C=O) groups excluding carboxylic acids is 1. The fourth-order valence-corrected chi connectivity index (χ4v) is 1.42. The molecule has 2 heterocycles. The zero-order valence-electron chi connectivity index (χ0n) is 7.79. The molecule has 4 nitrogen and oxygen atoms in total. The van der Waals surface area contributed by atoms with Gasteiger partial charge in [0.25, 0.3) is 0 Å². The molecular weight excluding hydrogens is 184 g/mol. The summed E-state index contributed by atoms with van der Waals surface area (Å²) in [5.74, 6) is -0.443. The van der Waals surface area contributed by atoms with Crippen molar-refractivity contribution in [2.45, 2.75) is 31.3 Å². The second-order valence-electron chi connectivity index (χ2n) is 3.44. The summed E-state index contributed by atoms with van der Waals surface area (Å²) < 4.78 is 10.3. The Morgan fingerprint density at radius 1 is 1.36 bits per heavy atom. The van der Waals surface area contributed by atoms with Gasteiger partial charge in [0, 0.05) is 6.08 Å². The van der Waals surface area contributed by atoms with Gasteiger partial charge in [0.15, 0.2) is 0 Å². The minimum Gasteiger partial charge on any atom is -0.457 e. The average Bonchev–Trinajstić information content (AvgIpc) is 2.89. The Labute approximate surface area is 81.8 Å². The second kappa shape index (κ2) is 3.55. The maximum absolute atomic E-state index is 11.1. The van der Waals surface area contributed by atoms with Crippen LogP contribution in [0.15, 0.2) is 24.3 Å². The minimum absolute atomic E-state index is 0.0288. The molecule has 4 heteroatoms. The van der Waals surface area contributed by atoms with Crippen LogP contribution in [0.4, 0.5) is 0 Å². The van der Waals surface area contributed by atoms with Crippen molar-refractivity contribution in [2.75, 3.05) is 0 Å². The van der Waals surface area contributed by atoms with Gasteiger partial charge >= 0.3 is 5.97 Å². The van der Waals surface area contributed by atoms with Crippen molar-refractivity contribution in [1.29, 1.82) is 0 Å². The van der Waals surface area contributed by atoms with Crippen molar-refractivity contribution in [3.8, 4) is 0 Å². The number of aliphatic hydroxyl groups is 1. The number of ether oxygens (including phenoxy) is 2. The van der Waals surface area contributed by atoms with Gasteiger partial charge in [-0.2, -0.15) is 0 Å². The lowest BCUT2D eigenvalue weighted by Gasteiger charge is -2.09. The second-order valence-corrected chi connectivity index (χ2v) is 3.44. The van der Waals surface area contributed by atoms with Crippen molar-refractivity contribution in [3.05, 3.63) is 24.3 Å². The summed E-state index contributed by atoms with van der Waals surface area (Å²) in [4.78, 5) is 11.1. The number of esters is 1. The molecule has 2 aliphatic heterocycles. The molecule has 0 aromatic heterocycles. The molecule has 1 fully saturated rings. The Morgan fingerprint density at radius 3 is 2.93 bits per heavy atom. The number of epoxide rings is 1. The highest BCUT2D eigenvalue weighted by molar-refractivity contribution is 5.82. The zero-order chi connectivity index (χ0) is 10.1. The summed E-state index contributed by atoms with van der Waals surface area (Å²) in [5.41, 5.74) is 0. The van der Waals surface area contributed by atoms with Crippen LogP contribution in [0.5, 0.6) is 0 Å². The number of carbonyl (C=O) groups is 1. The molecule has 1 saturated heterocycles. The van der Waals surface area contributed by atoms with Gasteiger partial charge in [-0.1, -0.05) is 12.2 Å². The molecule has 0 bridgehead atoms. The van der Waals surface area contributed by atoms with E-state index in [1.165, 1.54) is 12.2 Å². The lowest BCUT2D eigenvalue weighted by atomic mass is 10.2. The fraction of sp³-hybridized carbons (Fsp3) is 0.500. The van der Waals surface area contributed by atoms with Crippen molar-refractivity contribution in [1.82, 2.24) is 0 Å². The van der Waals surface area contributed by atoms with Crippen LogP contribution in [0.25, 0.3) is 0 Å². The van der Waals surface area contributed by atoms with E-state index in [2.05, 4.69) is 0 Å². The van der Waals surface area contributed by atoms with Crippen molar-refractivity contribution in [3.63, 3.8) is 0 Å². The predicted octanol–water partition coefficient (Wildman–Crippen LogP) is 0.172. The Morgan fingerprint density at radius 2 is 2.14 bits per heavy atom. The molecule has 2 rings (SSSR count). The maximum Gasteiger partial charge on any atom is 0.330 e. The fourth-order valence-electron chi connectivity index (χ4n) is 1.42. The van der Waals surface area contributed by atoms with Gasteiger partial charge in [0.2, 0.25) is 0 Å². The van der Waals surface area contributed by atoms with Crippen LogP contribution < -0.4 is 0 Å². The van der Waals surface area contributed by atoms with E-state index in [-0.39, 0.29) is 18.3 Å². The molecule has 14 heavy (non-hydrogen) atoms. The van der Waals surface area contributed by atoms with E-state index in [1.54, 1.807) is 19.1 Å². The van der Waals surface area contributed by atoms with E-state index in [4.69, 9.17) is 9.47 Å². The number of hydrogen-bond donors (Lipinski definition) is 1. The number of fused-ring (bicyclic) bond motifs is 1. The van der Waals surface area contributed by atoms with Crippen LogP contribution in [0.2, 0.25) is 0 Å². The van der Waals surface area contributed by atoms with Gasteiger partial charge in [-0.05, 0) is 13.0 Å². The first-order chi connectivity index (χ1) is 6.66. The van der Waals surface area contributed by atoms with Crippen LogP contribution in [0, 0.1) is 0 Å². The summed E-state index contributed by atoms with van der Waals surface area (Å²) >= 11 is 0. The number of cyclic esters (lactones) is 1. The largest absolute Gasteiger partial charge is 0.457 e. The van der Waals surface area contributed by atoms with Gasteiger partial charge in [0.05, 0.1) is 6.10 Å². The van der Waals surface area contributed by atoms with E-state index in [0.717, 1.165) is 0 Å². The Hall–Kier alpha value is -1.13. The average molecular weight is 196 g/mol. The first-order valence-electron chi connectivity index (χ1n) is 4.57. The molecule has 0 aliphatic carbocycles. The van der Waals surface area contributed by atoms with Gasteiger partial charge < -0.3 is 14.6 Å². The van der Waals surface area contributed by atoms with Crippen LogP contribution in [0.3, 0.4) is 0 Å². The summed E-state index contributed by atoms with van der Waals surface area (Å²) in [7, 11) is 0. The predicted molar refractivity (Wildman–Crippen MR) is 48.5 cm³/mol. The van der Waals surface area contributed by atoms with Crippen molar-refractivity contribution < 1.29 is 19.4 Å². The van der Waals surface area contributed by atoms with E-state index < -0.39 is 12.1 Å². The Bertz CT molecular complexity index is 294. The molecule has 0 unspecified atom stereocenters. The first-order valence-corrected chi connectivity index (χ1v) is 4.57. The van der Waals surface area contributed by atoms with Crippen LogP contribution in [0.1, 0.15) is 6.92 Å². The highest BCUT2D eigenvalue weighted by Gasteiger charge is 2.43. The highest BCUT2D eigenvalue weighted by atomic mass is 16.6. The highest BCUT2D eigenvalue weighted by Crippen LogP contribution is 2.28. The molecule has 0 saturated carbocycles. The molecule has 1 N–H and O–H groups in total. The molecule has 0 spiro atoms. The van der Waals surface area contributed by atoms with Crippen molar-refractivity contribution >= 4 is 5.97 Å². The Kier molecular flexibility index (Phi) is 2.39. The molecule has 76 valence electrons. The summed E-state index contributed by atoms with van der Waals surface area (Å²) in [6.07, 6.45) is 4.93. The van der Waals surface area contributed by atoms with Gasteiger partial charge in [-0.25, -0.2) is 4.79 Å². The topological polar surface area (TPSA) is 59.1 Å². The lowest BCUT2D eigenvalue weighted by Crippen LogP contribution is -2.21. The summed E-state index contributed by atoms with van der Waals surface area (Å²) in [5, 5.41) is 9.31. The minimum atomic E-state index is -0.749. The van der Waals surface area contributed by atoms with Gasteiger partial charge in [-0.3, -0.25) is 0 Å².